The van der Waals surface area contributed by atoms with Crippen molar-refractivity contribution in [2.24, 2.45) is 10.3 Å². The average molecular weight is 169 g/mol. The van der Waals surface area contributed by atoms with Gasteiger partial charge in [0.2, 0.25) is 0 Å². The van der Waals surface area contributed by atoms with Crippen molar-refractivity contribution in [1.82, 2.24) is 5.43 Å². The molecule has 5 heteroatoms. The summed E-state index contributed by atoms with van der Waals surface area (Å²) in [6.45, 7) is 0.522. The lowest BCUT2D eigenvalue weighted by Gasteiger charge is -2.27. The maximum Gasteiger partial charge on any atom is 0.293 e. The summed E-state index contributed by atoms with van der Waals surface area (Å²) in [7, 11) is 0. The van der Waals surface area contributed by atoms with Crippen LogP contribution in [0.15, 0.2) is 10.3 Å². The van der Waals surface area contributed by atoms with E-state index in [1.807, 2.05) is 0 Å². The summed E-state index contributed by atoms with van der Waals surface area (Å²) >= 11 is 0. The van der Waals surface area contributed by atoms with E-state index in [0.717, 1.165) is 19.3 Å². The third kappa shape index (κ3) is 1.26. The van der Waals surface area contributed by atoms with E-state index in [4.69, 9.17) is 4.74 Å². The van der Waals surface area contributed by atoms with Gasteiger partial charge >= 0.3 is 0 Å². The molecule has 0 aromatic heterocycles. The summed E-state index contributed by atoms with van der Waals surface area (Å²) in [6, 6.07) is 0.584. The smallest absolute Gasteiger partial charge is 0.293 e. The highest BCUT2D eigenvalue weighted by atomic mass is 16.5. The number of carbonyl (C=O) groups is 1. The summed E-state index contributed by atoms with van der Waals surface area (Å²) in [4.78, 5) is 10.1. The Balaban J connectivity index is 1.90. The van der Waals surface area contributed by atoms with Crippen LogP contribution < -0.4 is 5.43 Å². The Morgan fingerprint density at radius 2 is 2.42 bits per heavy atom. The Bertz CT molecular complexity index is 207. The van der Waals surface area contributed by atoms with E-state index < -0.39 is 0 Å². The molecular formula is C7H11N3O2. The molecule has 0 spiro atoms. The summed E-state index contributed by atoms with van der Waals surface area (Å²) in [5.74, 6) is 0. The molecule has 5 nitrogen and oxygen atoms in total. The average Bonchev–Trinajstić information content (AvgIpc) is 2.51. The molecule has 1 aliphatic carbocycles. The fourth-order valence-corrected chi connectivity index (χ4v) is 1.78. The van der Waals surface area contributed by atoms with Gasteiger partial charge in [-0.3, -0.25) is 10.2 Å². The van der Waals surface area contributed by atoms with Gasteiger partial charge in [-0.15, -0.1) is 0 Å². The van der Waals surface area contributed by atoms with Gasteiger partial charge in [-0.25, -0.2) is 0 Å². The lowest BCUT2D eigenvalue weighted by atomic mass is 9.89. The van der Waals surface area contributed by atoms with Crippen LogP contribution in [0.5, 0.6) is 0 Å². The molecule has 66 valence electrons. The molecule has 1 N–H and O–H groups in total. The molecule has 0 bridgehead atoms. The zero-order chi connectivity index (χ0) is 8.39. The second-order valence-corrected chi connectivity index (χ2v) is 3.19. The van der Waals surface area contributed by atoms with Gasteiger partial charge in [-0.2, -0.15) is 5.11 Å². The van der Waals surface area contributed by atoms with Gasteiger partial charge in [-0.1, -0.05) is 5.22 Å². The van der Waals surface area contributed by atoms with Crippen molar-refractivity contribution >= 4 is 6.47 Å². The fourth-order valence-electron chi connectivity index (χ4n) is 1.78. The van der Waals surface area contributed by atoms with Crippen LogP contribution in [0.2, 0.25) is 0 Å². The Hall–Kier alpha value is -1.13. The molecule has 3 unspecified atom stereocenters. The van der Waals surface area contributed by atoms with Gasteiger partial charge in [0.25, 0.3) is 6.47 Å². The highest BCUT2D eigenvalue weighted by Gasteiger charge is 2.34. The zero-order valence-electron chi connectivity index (χ0n) is 6.64. The number of hydrogen-bond donors (Lipinski definition) is 1. The van der Waals surface area contributed by atoms with Crippen molar-refractivity contribution in [3.05, 3.63) is 0 Å². The van der Waals surface area contributed by atoms with Crippen LogP contribution in [-0.4, -0.2) is 24.7 Å². The summed E-state index contributed by atoms with van der Waals surface area (Å²) in [6.07, 6.45) is 2.75. The maximum absolute atomic E-state index is 10.1. The number of carbonyl (C=O) groups excluding carboxylic acids is 1. The van der Waals surface area contributed by atoms with Crippen LogP contribution >= 0.6 is 0 Å². The molecule has 3 atom stereocenters. The van der Waals surface area contributed by atoms with E-state index in [9.17, 15) is 4.79 Å². The van der Waals surface area contributed by atoms with Gasteiger partial charge in [-0.05, 0) is 12.8 Å². The SMILES string of the molecule is O=COC1CCC2N=NNC2C1. The van der Waals surface area contributed by atoms with Gasteiger partial charge in [0, 0.05) is 6.42 Å². The number of hydrogen-bond acceptors (Lipinski definition) is 5. The molecule has 1 aliphatic heterocycles. The number of fused-ring (bicyclic) bond motifs is 1. The molecule has 12 heavy (non-hydrogen) atoms. The normalized spacial score (nSPS) is 38.5. The Morgan fingerprint density at radius 1 is 1.50 bits per heavy atom. The van der Waals surface area contributed by atoms with E-state index >= 15 is 0 Å². The maximum atomic E-state index is 10.1. The van der Waals surface area contributed by atoms with Crippen LogP contribution in [-0.2, 0) is 9.53 Å². The topological polar surface area (TPSA) is 63.0 Å². The second kappa shape index (κ2) is 3.08. The van der Waals surface area contributed by atoms with Gasteiger partial charge in [0.05, 0.1) is 12.1 Å². The lowest BCUT2D eigenvalue weighted by Crippen LogP contribution is -2.39. The van der Waals surface area contributed by atoms with Crippen LogP contribution in [0.4, 0.5) is 0 Å². The van der Waals surface area contributed by atoms with Crippen molar-refractivity contribution in [2.45, 2.75) is 37.5 Å². The first kappa shape index (κ1) is 7.52. The van der Waals surface area contributed by atoms with Crippen molar-refractivity contribution < 1.29 is 9.53 Å². The predicted molar refractivity (Wildman–Crippen MR) is 40.4 cm³/mol. The minimum atomic E-state index is 0.0553. The first-order chi connectivity index (χ1) is 5.90. The standard InChI is InChI=1S/C7H11N3O2/c11-4-12-5-1-2-6-7(3-5)9-10-8-6/h4-7H,1-3H2,(H,8,9). The Labute approximate surface area is 70.2 Å². The van der Waals surface area contributed by atoms with Crippen molar-refractivity contribution in [1.29, 1.82) is 0 Å². The fraction of sp³-hybridized carbons (Fsp3) is 0.857. The predicted octanol–water partition coefficient (Wildman–Crippen LogP) is 0.419. The lowest BCUT2D eigenvalue weighted by molar-refractivity contribution is -0.135. The van der Waals surface area contributed by atoms with Gasteiger partial charge in [0.1, 0.15) is 6.10 Å². The van der Waals surface area contributed by atoms with Gasteiger partial charge in [0.15, 0.2) is 0 Å². The Kier molecular flexibility index (Phi) is 1.93. The van der Waals surface area contributed by atoms with Gasteiger partial charge < -0.3 is 4.74 Å². The summed E-state index contributed by atoms with van der Waals surface area (Å²) < 4.78 is 4.89. The quantitative estimate of drug-likeness (QED) is 0.609. The second-order valence-electron chi connectivity index (χ2n) is 3.19. The largest absolute Gasteiger partial charge is 0.465 e. The van der Waals surface area contributed by atoms with Crippen LogP contribution in [0.25, 0.3) is 0 Å². The first-order valence-electron chi connectivity index (χ1n) is 4.14. The molecular weight excluding hydrogens is 158 g/mol. The summed E-state index contributed by atoms with van der Waals surface area (Å²) in [5.41, 5.74) is 2.91. The van der Waals surface area contributed by atoms with Crippen LogP contribution in [0, 0.1) is 0 Å². The van der Waals surface area contributed by atoms with Crippen molar-refractivity contribution in [3.63, 3.8) is 0 Å². The molecule has 2 aliphatic rings. The molecule has 1 saturated carbocycles. The molecule has 1 fully saturated rings. The third-order valence-electron chi connectivity index (χ3n) is 2.44. The van der Waals surface area contributed by atoms with Crippen LogP contribution in [0.3, 0.4) is 0 Å². The minimum Gasteiger partial charge on any atom is -0.465 e. The Morgan fingerprint density at radius 3 is 3.25 bits per heavy atom. The molecule has 0 amide bonds. The number of nitrogens with one attached hydrogen (secondary N) is 1. The van der Waals surface area contributed by atoms with Crippen LogP contribution in [0.1, 0.15) is 19.3 Å². The minimum absolute atomic E-state index is 0.0553. The first-order valence-corrected chi connectivity index (χ1v) is 4.14. The van der Waals surface area contributed by atoms with E-state index in [0.29, 0.717) is 12.5 Å². The highest BCUT2D eigenvalue weighted by molar-refractivity contribution is 5.37. The molecule has 0 aromatic carbocycles. The van der Waals surface area contributed by atoms with E-state index in [1.165, 1.54) is 0 Å². The van der Waals surface area contributed by atoms with E-state index in [1.54, 1.807) is 0 Å². The number of ether oxygens (including phenoxy) is 1. The van der Waals surface area contributed by atoms with E-state index in [2.05, 4.69) is 15.8 Å². The summed E-state index contributed by atoms with van der Waals surface area (Å²) in [5, 5.41) is 7.78. The van der Waals surface area contributed by atoms with Crippen molar-refractivity contribution in [3.8, 4) is 0 Å². The number of rotatable bonds is 2. The third-order valence-corrected chi connectivity index (χ3v) is 2.44. The van der Waals surface area contributed by atoms with Crippen molar-refractivity contribution in [2.75, 3.05) is 0 Å². The molecule has 0 radical (unpaired) electrons. The molecule has 1 heterocycles. The monoisotopic (exact) mass is 169 g/mol. The van der Waals surface area contributed by atoms with E-state index in [-0.39, 0.29) is 12.1 Å². The zero-order valence-corrected chi connectivity index (χ0v) is 6.64. The molecule has 0 aromatic rings. The molecule has 2 rings (SSSR count). The number of nitrogens with zero attached hydrogens (tertiary/aromatic N) is 2. The molecule has 0 saturated heterocycles. The highest BCUT2D eigenvalue weighted by Crippen LogP contribution is 2.26.